The highest BCUT2D eigenvalue weighted by atomic mass is 16.5. The monoisotopic (exact) mass is 248 g/mol. The molecular weight excluding hydrogens is 228 g/mol. The van der Waals surface area contributed by atoms with Crippen molar-refractivity contribution in [3.63, 3.8) is 0 Å². The van der Waals surface area contributed by atoms with Crippen LogP contribution >= 0.6 is 0 Å². The summed E-state index contributed by atoms with van der Waals surface area (Å²) in [5.74, 6) is 0.0289. The number of phenols is 1. The Bertz CT molecular complexity index is 379. The number of benzene rings is 1. The molecule has 0 radical (unpaired) electrons. The van der Waals surface area contributed by atoms with Crippen molar-refractivity contribution in [2.45, 2.75) is 39.0 Å². The van der Waals surface area contributed by atoms with E-state index < -0.39 is 0 Å². The maximum Gasteiger partial charge on any atom is 0.310 e. The van der Waals surface area contributed by atoms with Gasteiger partial charge >= 0.3 is 5.97 Å². The van der Waals surface area contributed by atoms with Crippen molar-refractivity contribution < 1.29 is 14.6 Å². The molecular formula is C15H20O3. The molecule has 0 spiro atoms. The summed E-state index contributed by atoms with van der Waals surface area (Å²) in [6.45, 7) is 2.14. The Balaban J connectivity index is 2.23. The highest BCUT2D eigenvalue weighted by Gasteiger charge is 1.99. The molecule has 0 bridgehead atoms. The number of unbranched alkanes of at least 4 members (excludes halogenated alkanes) is 3. The van der Waals surface area contributed by atoms with E-state index in [0.29, 0.717) is 6.42 Å². The van der Waals surface area contributed by atoms with Crippen molar-refractivity contribution in [1.29, 1.82) is 0 Å². The van der Waals surface area contributed by atoms with E-state index >= 15 is 0 Å². The third-order valence-electron chi connectivity index (χ3n) is 2.59. The number of aromatic hydroxyl groups is 1. The fourth-order valence-corrected chi connectivity index (χ4v) is 1.53. The number of hydrogen-bond acceptors (Lipinski definition) is 3. The molecule has 0 aliphatic rings. The Labute approximate surface area is 108 Å². The highest BCUT2D eigenvalue weighted by molar-refractivity contribution is 5.70. The standard InChI is InChI=1S/C15H20O3/c1-2-3-4-5-6-15(17)18-12-11-13-7-9-14(16)10-8-13/h7-12,16H,2-6H2,1H3. The molecule has 3 heteroatoms. The molecule has 0 unspecified atom stereocenters. The van der Waals surface area contributed by atoms with Gasteiger partial charge in [-0.15, -0.1) is 0 Å². The lowest BCUT2D eigenvalue weighted by Gasteiger charge is -1.99. The van der Waals surface area contributed by atoms with Crippen LogP contribution in [-0.2, 0) is 9.53 Å². The third kappa shape index (κ3) is 6.09. The number of phenolic OH excluding ortho intramolecular Hbond substituents is 1. The van der Waals surface area contributed by atoms with Crippen LogP contribution in [0.1, 0.15) is 44.6 Å². The van der Waals surface area contributed by atoms with Gasteiger partial charge in [-0.3, -0.25) is 4.79 Å². The topological polar surface area (TPSA) is 46.5 Å². The van der Waals surface area contributed by atoms with Gasteiger partial charge in [0.1, 0.15) is 5.75 Å². The molecule has 0 fully saturated rings. The number of ether oxygens (including phenoxy) is 1. The molecule has 3 nitrogen and oxygen atoms in total. The predicted molar refractivity (Wildman–Crippen MR) is 72.0 cm³/mol. The lowest BCUT2D eigenvalue weighted by atomic mass is 10.2. The van der Waals surface area contributed by atoms with E-state index in [-0.39, 0.29) is 11.7 Å². The molecule has 0 aromatic heterocycles. The summed E-state index contributed by atoms with van der Waals surface area (Å²) < 4.78 is 4.97. The molecule has 1 aromatic carbocycles. The lowest BCUT2D eigenvalue weighted by molar-refractivity contribution is -0.138. The number of rotatable bonds is 7. The molecule has 0 saturated carbocycles. The van der Waals surface area contributed by atoms with Gasteiger partial charge in [0.2, 0.25) is 0 Å². The summed E-state index contributed by atoms with van der Waals surface area (Å²) in [6.07, 6.45) is 7.86. The van der Waals surface area contributed by atoms with Gasteiger partial charge in [0.05, 0.1) is 6.26 Å². The molecule has 1 N–H and O–H groups in total. The predicted octanol–water partition coefficient (Wildman–Crippen LogP) is 3.88. The van der Waals surface area contributed by atoms with E-state index in [4.69, 9.17) is 9.84 Å². The number of esters is 1. The Morgan fingerprint density at radius 1 is 1.22 bits per heavy atom. The molecule has 0 aliphatic carbocycles. The SMILES string of the molecule is CCCCCCC(=O)OC=Cc1ccc(O)cc1. The molecule has 1 rings (SSSR count). The van der Waals surface area contributed by atoms with E-state index in [1.165, 1.54) is 6.26 Å². The average Bonchev–Trinajstić information content (AvgIpc) is 2.37. The first-order valence-electron chi connectivity index (χ1n) is 6.37. The van der Waals surface area contributed by atoms with Crippen LogP contribution in [-0.4, -0.2) is 11.1 Å². The Morgan fingerprint density at radius 3 is 2.61 bits per heavy atom. The van der Waals surface area contributed by atoms with Crippen molar-refractivity contribution >= 4 is 12.0 Å². The summed E-state index contributed by atoms with van der Waals surface area (Å²) in [7, 11) is 0. The lowest BCUT2D eigenvalue weighted by Crippen LogP contribution is -1.98. The summed E-state index contributed by atoms with van der Waals surface area (Å²) >= 11 is 0. The zero-order valence-electron chi connectivity index (χ0n) is 10.8. The summed E-state index contributed by atoms with van der Waals surface area (Å²) in [4.78, 5) is 11.3. The van der Waals surface area contributed by atoms with E-state index in [9.17, 15) is 4.79 Å². The first-order valence-corrected chi connectivity index (χ1v) is 6.37. The second-order valence-corrected chi connectivity index (χ2v) is 4.19. The Morgan fingerprint density at radius 2 is 1.94 bits per heavy atom. The highest BCUT2D eigenvalue weighted by Crippen LogP contribution is 2.11. The minimum Gasteiger partial charge on any atom is -0.508 e. The van der Waals surface area contributed by atoms with E-state index in [2.05, 4.69) is 6.92 Å². The van der Waals surface area contributed by atoms with Crippen LogP contribution in [0.25, 0.3) is 6.08 Å². The van der Waals surface area contributed by atoms with Gasteiger partial charge in [-0.25, -0.2) is 0 Å². The summed E-state index contributed by atoms with van der Waals surface area (Å²) in [5.41, 5.74) is 0.881. The number of hydrogen-bond donors (Lipinski definition) is 1. The van der Waals surface area contributed by atoms with Crippen LogP contribution in [0.5, 0.6) is 5.75 Å². The normalized spacial score (nSPS) is 10.7. The number of carbonyl (C=O) groups excluding carboxylic acids is 1. The minimum atomic E-state index is -0.193. The van der Waals surface area contributed by atoms with Gasteiger partial charge in [-0.05, 0) is 30.2 Å². The van der Waals surface area contributed by atoms with Crippen LogP contribution in [0.3, 0.4) is 0 Å². The molecule has 18 heavy (non-hydrogen) atoms. The van der Waals surface area contributed by atoms with Crippen molar-refractivity contribution in [2.24, 2.45) is 0 Å². The van der Waals surface area contributed by atoms with Gasteiger partial charge in [0.25, 0.3) is 0 Å². The van der Waals surface area contributed by atoms with Crippen molar-refractivity contribution in [2.75, 3.05) is 0 Å². The van der Waals surface area contributed by atoms with Crippen LogP contribution < -0.4 is 0 Å². The zero-order chi connectivity index (χ0) is 13.2. The summed E-state index contributed by atoms with van der Waals surface area (Å²) in [5, 5.41) is 9.10. The second-order valence-electron chi connectivity index (χ2n) is 4.19. The molecule has 0 heterocycles. The smallest absolute Gasteiger partial charge is 0.310 e. The van der Waals surface area contributed by atoms with E-state index in [1.807, 2.05) is 0 Å². The molecule has 0 atom stereocenters. The maximum atomic E-state index is 11.3. The zero-order valence-corrected chi connectivity index (χ0v) is 10.8. The van der Waals surface area contributed by atoms with E-state index in [1.54, 1.807) is 30.3 Å². The van der Waals surface area contributed by atoms with Crippen LogP contribution in [0.2, 0.25) is 0 Å². The van der Waals surface area contributed by atoms with Gasteiger partial charge in [-0.1, -0.05) is 38.3 Å². The fraction of sp³-hybridized carbons (Fsp3) is 0.400. The van der Waals surface area contributed by atoms with Crippen LogP contribution in [0, 0.1) is 0 Å². The molecule has 1 aromatic rings. The Kier molecular flexibility index (Phi) is 6.62. The van der Waals surface area contributed by atoms with Gasteiger partial charge in [0.15, 0.2) is 0 Å². The van der Waals surface area contributed by atoms with Gasteiger partial charge < -0.3 is 9.84 Å². The van der Waals surface area contributed by atoms with Crippen molar-refractivity contribution in [3.05, 3.63) is 36.1 Å². The molecule has 0 aliphatic heterocycles. The quantitative estimate of drug-likeness (QED) is 0.452. The largest absolute Gasteiger partial charge is 0.508 e. The molecule has 0 saturated heterocycles. The average molecular weight is 248 g/mol. The molecule has 98 valence electrons. The maximum absolute atomic E-state index is 11.3. The van der Waals surface area contributed by atoms with Crippen molar-refractivity contribution in [1.82, 2.24) is 0 Å². The first kappa shape index (κ1) is 14.3. The summed E-state index contributed by atoms with van der Waals surface area (Å²) in [6, 6.07) is 6.68. The number of carbonyl (C=O) groups is 1. The van der Waals surface area contributed by atoms with Gasteiger partial charge in [0, 0.05) is 6.42 Å². The third-order valence-corrected chi connectivity index (χ3v) is 2.59. The Hall–Kier alpha value is -1.77. The van der Waals surface area contributed by atoms with Crippen molar-refractivity contribution in [3.8, 4) is 5.75 Å². The first-order chi connectivity index (χ1) is 8.72. The second kappa shape index (κ2) is 8.34. The van der Waals surface area contributed by atoms with E-state index in [0.717, 1.165) is 31.2 Å². The van der Waals surface area contributed by atoms with Crippen LogP contribution in [0.15, 0.2) is 30.5 Å². The fourth-order valence-electron chi connectivity index (χ4n) is 1.53. The minimum absolute atomic E-state index is 0.193. The molecule has 0 amide bonds. The van der Waals surface area contributed by atoms with Gasteiger partial charge in [-0.2, -0.15) is 0 Å². The van der Waals surface area contributed by atoms with Crippen LogP contribution in [0.4, 0.5) is 0 Å².